The van der Waals surface area contributed by atoms with E-state index in [2.05, 4.69) is 5.32 Å². The topological polar surface area (TPSA) is 75.3 Å². The number of amides is 1. The van der Waals surface area contributed by atoms with E-state index in [4.69, 9.17) is 5.73 Å². The van der Waals surface area contributed by atoms with E-state index in [1.165, 1.54) is 0 Å². The summed E-state index contributed by atoms with van der Waals surface area (Å²) in [5.41, 5.74) is 5.09. The minimum absolute atomic E-state index is 0. The average Bonchev–Trinajstić information content (AvgIpc) is 2.96. The first-order valence-electron chi connectivity index (χ1n) is 5.78. The molecule has 4 nitrogen and oxygen atoms in total. The molecule has 0 aliphatic heterocycles. The molecular weight excluding hydrogens is 228 g/mol. The predicted molar refractivity (Wildman–Crippen MR) is 66.5 cm³/mol. The molecule has 96 valence electrons. The Kier molecular flexibility index (Phi) is 6.30. The Morgan fingerprint density at radius 3 is 2.31 bits per heavy atom. The van der Waals surface area contributed by atoms with Crippen LogP contribution in [0.25, 0.3) is 0 Å². The first-order valence-corrected chi connectivity index (χ1v) is 5.78. The van der Waals surface area contributed by atoms with E-state index in [1.807, 2.05) is 13.8 Å². The van der Waals surface area contributed by atoms with Gasteiger partial charge in [0.2, 0.25) is 5.91 Å². The molecule has 1 aliphatic carbocycles. The molecule has 5 heteroatoms. The van der Waals surface area contributed by atoms with Crippen LogP contribution >= 0.6 is 12.4 Å². The minimum atomic E-state index is -0.631. The summed E-state index contributed by atoms with van der Waals surface area (Å²) in [5.74, 6) is 0.144. The molecule has 0 radical (unpaired) electrons. The molecule has 0 saturated heterocycles. The highest BCUT2D eigenvalue weighted by Crippen LogP contribution is 2.32. The summed E-state index contributed by atoms with van der Waals surface area (Å²) < 4.78 is 0. The van der Waals surface area contributed by atoms with Crippen molar-refractivity contribution in [3.05, 3.63) is 0 Å². The smallest absolute Gasteiger partial charge is 0.240 e. The molecule has 16 heavy (non-hydrogen) atoms. The number of carbonyl (C=O) groups is 1. The Morgan fingerprint density at radius 1 is 1.44 bits per heavy atom. The van der Waals surface area contributed by atoms with E-state index >= 15 is 0 Å². The molecular formula is C11H23ClN2O2. The molecule has 0 aromatic heterocycles. The molecule has 1 aliphatic rings. The molecule has 1 unspecified atom stereocenters. The Balaban J connectivity index is 0.00000225. The van der Waals surface area contributed by atoms with Crippen molar-refractivity contribution < 1.29 is 9.90 Å². The number of hydrogen-bond acceptors (Lipinski definition) is 3. The van der Waals surface area contributed by atoms with Crippen LogP contribution in [0.4, 0.5) is 0 Å². The predicted octanol–water partition coefficient (Wildman–Crippen LogP) is 0.813. The molecule has 4 N–H and O–H groups in total. The van der Waals surface area contributed by atoms with Gasteiger partial charge in [0.15, 0.2) is 0 Å². The monoisotopic (exact) mass is 250 g/mol. The van der Waals surface area contributed by atoms with Crippen LogP contribution in [-0.2, 0) is 4.79 Å². The van der Waals surface area contributed by atoms with Crippen LogP contribution in [0.3, 0.4) is 0 Å². The van der Waals surface area contributed by atoms with Gasteiger partial charge in [0.1, 0.15) is 0 Å². The summed E-state index contributed by atoms with van der Waals surface area (Å²) in [7, 11) is 0. The van der Waals surface area contributed by atoms with Gasteiger partial charge in [-0.2, -0.15) is 0 Å². The number of hydrogen-bond donors (Lipinski definition) is 3. The zero-order chi connectivity index (χ0) is 11.5. The van der Waals surface area contributed by atoms with Crippen molar-refractivity contribution in [2.24, 2.45) is 11.7 Å². The maximum absolute atomic E-state index is 11.5. The zero-order valence-electron chi connectivity index (χ0n) is 10.0. The van der Waals surface area contributed by atoms with Crippen molar-refractivity contribution in [1.82, 2.24) is 5.32 Å². The lowest BCUT2D eigenvalue weighted by molar-refractivity contribution is -0.123. The molecule has 1 atom stereocenters. The second kappa shape index (κ2) is 6.42. The molecule has 1 rings (SSSR count). The molecule has 1 amide bonds. The van der Waals surface area contributed by atoms with Crippen molar-refractivity contribution in [2.75, 3.05) is 6.54 Å². The largest absolute Gasteiger partial charge is 0.391 e. The molecule has 0 bridgehead atoms. The quantitative estimate of drug-likeness (QED) is 0.653. The second-order valence-corrected chi connectivity index (χ2v) is 4.51. The fourth-order valence-corrected chi connectivity index (χ4v) is 1.73. The highest BCUT2D eigenvalue weighted by atomic mass is 35.5. The maximum atomic E-state index is 11.5. The summed E-state index contributed by atoms with van der Waals surface area (Å²) in [6.07, 6.45) is 2.94. The van der Waals surface area contributed by atoms with E-state index in [0.717, 1.165) is 25.7 Å². The van der Waals surface area contributed by atoms with Crippen LogP contribution < -0.4 is 11.1 Å². The molecule has 1 saturated carbocycles. The van der Waals surface area contributed by atoms with Gasteiger partial charge < -0.3 is 16.2 Å². The fraction of sp³-hybridized carbons (Fsp3) is 0.909. The number of aliphatic hydroxyl groups is 1. The Labute approximate surface area is 103 Å². The number of halogens is 1. The van der Waals surface area contributed by atoms with Crippen molar-refractivity contribution in [2.45, 2.75) is 51.2 Å². The Bertz CT molecular complexity index is 228. The molecule has 1 fully saturated rings. The third-order valence-electron chi connectivity index (χ3n) is 3.31. The van der Waals surface area contributed by atoms with Gasteiger partial charge in [0.25, 0.3) is 0 Å². The summed E-state index contributed by atoms with van der Waals surface area (Å²) in [6, 6.07) is 0. The average molecular weight is 251 g/mol. The van der Waals surface area contributed by atoms with Gasteiger partial charge in [0.05, 0.1) is 11.6 Å². The lowest BCUT2D eigenvalue weighted by atomic mass is 9.96. The summed E-state index contributed by atoms with van der Waals surface area (Å²) >= 11 is 0. The Morgan fingerprint density at radius 2 is 1.94 bits per heavy atom. The van der Waals surface area contributed by atoms with Crippen LogP contribution in [0.1, 0.15) is 39.5 Å². The van der Waals surface area contributed by atoms with Gasteiger partial charge in [0, 0.05) is 6.54 Å². The lowest BCUT2D eigenvalue weighted by Gasteiger charge is -2.21. The molecule has 0 heterocycles. The molecule has 0 spiro atoms. The highest BCUT2D eigenvalue weighted by Gasteiger charge is 2.45. The zero-order valence-corrected chi connectivity index (χ0v) is 10.8. The van der Waals surface area contributed by atoms with Crippen molar-refractivity contribution >= 4 is 18.3 Å². The number of nitrogens with one attached hydrogen (secondary N) is 1. The van der Waals surface area contributed by atoms with Crippen molar-refractivity contribution in [1.29, 1.82) is 0 Å². The molecule has 0 aromatic rings. The van der Waals surface area contributed by atoms with Gasteiger partial charge in [-0.1, -0.05) is 26.7 Å². The minimum Gasteiger partial charge on any atom is -0.391 e. The van der Waals surface area contributed by atoms with Gasteiger partial charge >= 0.3 is 0 Å². The number of nitrogens with two attached hydrogens (primary N) is 1. The SMILES string of the molecule is CCC(CC)C(O)CNC(=O)C1(N)CC1.Cl. The van der Waals surface area contributed by atoms with E-state index in [0.29, 0.717) is 6.54 Å². The van der Waals surface area contributed by atoms with Crippen molar-refractivity contribution in [3.8, 4) is 0 Å². The van der Waals surface area contributed by atoms with E-state index in [-0.39, 0.29) is 24.2 Å². The first-order chi connectivity index (χ1) is 7.03. The van der Waals surface area contributed by atoms with Gasteiger partial charge in [-0.3, -0.25) is 4.79 Å². The Hall–Kier alpha value is -0.320. The second-order valence-electron chi connectivity index (χ2n) is 4.51. The number of rotatable bonds is 6. The van der Waals surface area contributed by atoms with Crippen LogP contribution in [0.5, 0.6) is 0 Å². The number of carbonyl (C=O) groups excluding carboxylic acids is 1. The fourth-order valence-electron chi connectivity index (χ4n) is 1.73. The first kappa shape index (κ1) is 15.7. The summed E-state index contributed by atoms with van der Waals surface area (Å²) in [6.45, 7) is 4.42. The molecule has 0 aromatic carbocycles. The maximum Gasteiger partial charge on any atom is 0.240 e. The summed E-state index contributed by atoms with van der Waals surface area (Å²) in [5, 5.41) is 12.5. The highest BCUT2D eigenvalue weighted by molar-refractivity contribution is 5.88. The van der Waals surface area contributed by atoms with Crippen LogP contribution in [0.15, 0.2) is 0 Å². The van der Waals surface area contributed by atoms with Crippen LogP contribution in [0, 0.1) is 5.92 Å². The van der Waals surface area contributed by atoms with E-state index < -0.39 is 11.6 Å². The van der Waals surface area contributed by atoms with E-state index in [9.17, 15) is 9.90 Å². The standard InChI is InChI=1S/C11H22N2O2.ClH/c1-3-8(4-2)9(14)7-13-10(15)11(12)5-6-11;/h8-9,14H,3-7,12H2,1-2H3,(H,13,15);1H. The number of aliphatic hydroxyl groups excluding tert-OH is 1. The normalized spacial score (nSPS) is 18.8. The van der Waals surface area contributed by atoms with Crippen molar-refractivity contribution in [3.63, 3.8) is 0 Å². The third kappa shape index (κ3) is 3.92. The van der Waals surface area contributed by atoms with Gasteiger partial charge in [-0.25, -0.2) is 0 Å². The van der Waals surface area contributed by atoms with Gasteiger partial charge in [-0.15, -0.1) is 12.4 Å². The van der Waals surface area contributed by atoms with Gasteiger partial charge in [-0.05, 0) is 18.8 Å². The summed E-state index contributed by atoms with van der Waals surface area (Å²) in [4.78, 5) is 11.5. The third-order valence-corrected chi connectivity index (χ3v) is 3.31. The van der Waals surface area contributed by atoms with Crippen LogP contribution in [-0.4, -0.2) is 29.2 Å². The van der Waals surface area contributed by atoms with E-state index in [1.54, 1.807) is 0 Å². The lowest BCUT2D eigenvalue weighted by Crippen LogP contribution is -2.46. The van der Waals surface area contributed by atoms with Crippen LogP contribution in [0.2, 0.25) is 0 Å².